The Labute approximate surface area is 384 Å². The van der Waals surface area contributed by atoms with Gasteiger partial charge in [-0.1, -0.05) is 118 Å². The molecule has 5 aliphatic rings. The summed E-state index contributed by atoms with van der Waals surface area (Å²) in [5.41, 5.74) is 4.75. The number of hydrogen-bond acceptors (Lipinski definition) is 6. The van der Waals surface area contributed by atoms with Gasteiger partial charge >= 0.3 is 0 Å². The molecule has 6 heteroatoms. The second kappa shape index (κ2) is 23.4. The minimum Gasteiger partial charge on any atom is -0.465 e. The van der Waals surface area contributed by atoms with Crippen LogP contribution in [0.25, 0.3) is 0 Å². The standard InChI is InChI=1S/C23H34O2.C19H30O2.C15H24O2/c1-5-23(3,4)20-6-8-21(9-7-20)24-15(2)25-22-18-11-16-10-17(13-18)14-19(22)12-16;1-5-19(3,4)16-11-13-18(14-12-16)21-15(2)20-17-9-7-6-8-10-17;1-6-15(4,5)13-8-10-14(11-9-13)17-12(3)16-7-2/h6-9,15-19,22H,5,10-14H2,1-4H3;11-15,17H,5-10H2,1-4H3;8-12H,6-7H2,1-5H3. The van der Waals surface area contributed by atoms with E-state index in [9.17, 15) is 0 Å². The molecule has 0 spiro atoms. The summed E-state index contributed by atoms with van der Waals surface area (Å²) in [6, 6.07) is 25.4. The predicted octanol–water partition coefficient (Wildman–Crippen LogP) is 15.5. The molecular weight excluding hydrogens is 781 g/mol. The van der Waals surface area contributed by atoms with E-state index in [1.54, 1.807) is 0 Å². The number of ether oxygens (including phenoxy) is 6. The van der Waals surface area contributed by atoms with E-state index in [0.717, 1.165) is 60.2 Å². The molecule has 5 saturated carbocycles. The molecule has 5 fully saturated rings. The molecule has 0 heterocycles. The molecule has 0 aliphatic heterocycles. The SMILES string of the molecule is CCC(C)(C)c1ccc(OC(C)OC2C3CC4CC(C3)CC2C4)cc1.CCC(C)(C)c1ccc(OC(C)OC2CCCCC2)cc1.CCOC(C)Oc1ccc(C(C)(C)CC)cc1. The van der Waals surface area contributed by atoms with Crippen LogP contribution in [0.3, 0.4) is 0 Å². The summed E-state index contributed by atoms with van der Waals surface area (Å²) >= 11 is 0. The molecule has 6 nitrogen and oxygen atoms in total. The minimum absolute atomic E-state index is 0.160. The zero-order valence-electron chi connectivity index (χ0n) is 42.0. The Morgan fingerprint density at radius 3 is 1.16 bits per heavy atom. The minimum atomic E-state index is -0.190. The van der Waals surface area contributed by atoms with Crippen molar-refractivity contribution in [3.05, 3.63) is 89.5 Å². The average molecular weight is 869 g/mol. The van der Waals surface area contributed by atoms with Crippen molar-refractivity contribution in [1.82, 2.24) is 0 Å². The smallest absolute Gasteiger partial charge is 0.197 e. The molecule has 0 aromatic heterocycles. The third-order valence-corrected chi connectivity index (χ3v) is 15.3. The third kappa shape index (κ3) is 15.0. The number of benzene rings is 3. The Hall–Kier alpha value is -3.06. The van der Waals surface area contributed by atoms with Crippen molar-refractivity contribution in [1.29, 1.82) is 0 Å². The van der Waals surface area contributed by atoms with Gasteiger partial charge in [0.05, 0.1) is 12.2 Å². The summed E-state index contributed by atoms with van der Waals surface area (Å²) in [5, 5.41) is 0. The lowest BCUT2D eigenvalue weighted by molar-refractivity contribution is -0.191. The van der Waals surface area contributed by atoms with Crippen molar-refractivity contribution in [3.8, 4) is 17.2 Å². The van der Waals surface area contributed by atoms with E-state index in [0.29, 0.717) is 18.8 Å². The summed E-state index contributed by atoms with van der Waals surface area (Å²) in [6.07, 6.45) is 17.0. The Morgan fingerprint density at radius 2 is 0.810 bits per heavy atom. The van der Waals surface area contributed by atoms with Gasteiger partial charge in [-0.25, -0.2) is 0 Å². The predicted molar refractivity (Wildman–Crippen MR) is 261 cm³/mol. The van der Waals surface area contributed by atoms with Gasteiger partial charge in [0.1, 0.15) is 17.2 Å². The fourth-order valence-electron chi connectivity index (χ4n) is 10.3. The lowest BCUT2D eigenvalue weighted by atomic mass is 9.55. The summed E-state index contributed by atoms with van der Waals surface area (Å²) in [7, 11) is 0. The highest BCUT2D eigenvalue weighted by atomic mass is 16.7. The first kappa shape index (κ1) is 50.9. The normalized spacial score (nSPS) is 23.7. The van der Waals surface area contributed by atoms with Gasteiger partial charge in [0.25, 0.3) is 0 Å². The Morgan fingerprint density at radius 1 is 0.460 bits per heavy atom. The van der Waals surface area contributed by atoms with E-state index in [2.05, 4.69) is 130 Å². The van der Waals surface area contributed by atoms with Crippen molar-refractivity contribution >= 4 is 0 Å². The fraction of sp³-hybridized carbons (Fsp3) is 0.684. The van der Waals surface area contributed by atoms with Crippen LogP contribution in [0.15, 0.2) is 72.8 Å². The van der Waals surface area contributed by atoms with Crippen LogP contribution in [-0.4, -0.2) is 37.7 Å². The van der Waals surface area contributed by atoms with Crippen molar-refractivity contribution in [2.45, 2.75) is 221 Å². The third-order valence-electron chi connectivity index (χ3n) is 15.3. The van der Waals surface area contributed by atoms with E-state index < -0.39 is 0 Å². The van der Waals surface area contributed by atoms with Crippen molar-refractivity contribution < 1.29 is 28.4 Å². The lowest BCUT2D eigenvalue weighted by Gasteiger charge is -2.54. The first-order chi connectivity index (χ1) is 29.9. The largest absolute Gasteiger partial charge is 0.465 e. The highest BCUT2D eigenvalue weighted by Crippen LogP contribution is 2.55. The lowest BCUT2D eigenvalue weighted by Crippen LogP contribution is -2.50. The molecule has 0 amide bonds. The molecule has 3 atom stereocenters. The van der Waals surface area contributed by atoms with Gasteiger partial charge in [-0.05, 0) is 185 Å². The van der Waals surface area contributed by atoms with Gasteiger partial charge in [0, 0.05) is 6.61 Å². The van der Waals surface area contributed by atoms with E-state index in [4.69, 9.17) is 28.4 Å². The summed E-state index contributed by atoms with van der Waals surface area (Å²) in [6.45, 7) is 28.9. The van der Waals surface area contributed by atoms with Gasteiger partial charge in [-0.3, -0.25) is 0 Å². The van der Waals surface area contributed by atoms with Gasteiger partial charge in [-0.2, -0.15) is 0 Å². The topological polar surface area (TPSA) is 55.4 Å². The van der Waals surface area contributed by atoms with Gasteiger partial charge in [0.15, 0.2) is 18.9 Å². The molecule has 3 aromatic rings. The quantitative estimate of drug-likeness (QED) is 0.119. The molecule has 0 N–H and O–H groups in total. The fourth-order valence-corrected chi connectivity index (χ4v) is 10.3. The molecule has 352 valence electrons. The highest BCUT2D eigenvalue weighted by Gasteiger charge is 2.49. The van der Waals surface area contributed by atoms with E-state index >= 15 is 0 Å². The van der Waals surface area contributed by atoms with E-state index in [1.807, 2.05) is 32.9 Å². The molecule has 0 saturated heterocycles. The van der Waals surface area contributed by atoms with Gasteiger partial charge in [-0.15, -0.1) is 0 Å². The maximum absolute atomic E-state index is 6.43. The second-order valence-corrected chi connectivity index (χ2v) is 21.2. The molecule has 8 rings (SSSR count). The monoisotopic (exact) mass is 869 g/mol. The van der Waals surface area contributed by atoms with Crippen molar-refractivity contribution in [2.24, 2.45) is 23.7 Å². The van der Waals surface area contributed by atoms with Crippen LogP contribution in [-0.2, 0) is 30.5 Å². The van der Waals surface area contributed by atoms with E-state index in [1.165, 1.54) is 80.9 Å². The van der Waals surface area contributed by atoms with Crippen LogP contribution < -0.4 is 14.2 Å². The maximum atomic E-state index is 6.43. The van der Waals surface area contributed by atoms with Crippen LogP contribution in [0.2, 0.25) is 0 Å². The van der Waals surface area contributed by atoms with Gasteiger partial charge in [0.2, 0.25) is 0 Å². The summed E-state index contributed by atoms with van der Waals surface area (Å²) in [4.78, 5) is 0. The molecule has 3 aromatic carbocycles. The summed E-state index contributed by atoms with van der Waals surface area (Å²) in [5.74, 6) is 6.24. The van der Waals surface area contributed by atoms with Crippen molar-refractivity contribution in [2.75, 3.05) is 6.61 Å². The molecule has 5 aliphatic carbocycles. The van der Waals surface area contributed by atoms with Crippen molar-refractivity contribution in [3.63, 3.8) is 0 Å². The first-order valence-corrected chi connectivity index (χ1v) is 25.2. The van der Waals surface area contributed by atoms with Gasteiger partial charge < -0.3 is 28.4 Å². The van der Waals surface area contributed by atoms with E-state index in [-0.39, 0.29) is 35.1 Å². The molecular formula is C57H88O6. The highest BCUT2D eigenvalue weighted by molar-refractivity contribution is 5.33. The second-order valence-electron chi connectivity index (χ2n) is 21.2. The first-order valence-electron chi connectivity index (χ1n) is 25.2. The molecule has 63 heavy (non-hydrogen) atoms. The molecule has 0 radical (unpaired) electrons. The van der Waals surface area contributed by atoms with Crippen LogP contribution in [0.1, 0.15) is 190 Å². The zero-order chi connectivity index (χ0) is 45.8. The average Bonchev–Trinajstić information content (AvgIpc) is 3.26. The Balaban J connectivity index is 0.000000182. The maximum Gasteiger partial charge on any atom is 0.197 e. The Bertz CT molecular complexity index is 1710. The summed E-state index contributed by atoms with van der Waals surface area (Å²) < 4.78 is 35.4. The molecule has 3 unspecified atom stereocenters. The molecule has 4 bridgehead atoms. The zero-order valence-corrected chi connectivity index (χ0v) is 42.0. The number of rotatable bonds is 18. The number of hydrogen-bond donors (Lipinski definition) is 0. The van der Waals surface area contributed by atoms with Crippen LogP contribution in [0.4, 0.5) is 0 Å². The van der Waals surface area contributed by atoms with Crippen LogP contribution >= 0.6 is 0 Å². The van der Waals surface area contributed by atoms with Crippen LogP contribution in [0, 0.1) is 23.7 Å². The van der Waals surface area contributed by atoms with Crippen LogP contribution in [0.5, 0.6) is 17.2 Å². The Kier molecular flexibility index (Phi) is 18.9.